The lowest BCUT2D eigenvalue weighted by Crippen LogP contribution is -2.18. The van der Waals surface area contributed by atoms with Crippen molar-refractivity contribution in [2.24, 2.45) is 5.73 Å². The van der Waals surface area contributed by atoms with E-state index in [1.807, 2.05) is 13.0 Å². The van der Waals surface area contributed by atoms with Crippen LogP contribution in [-0.2, 0) is 6.42 Å². The first-order valence-electron chi connectivity index (χ1n) is 5.21. The van der Waals surface area contributed by atoms with Crippen LogP contribution in [-0.4, -0.2) is 21.7 Å². The van der Waals surface area contributed by atoms with Crippen LogP contribution in [0.3, 0.4) is 0 Å². The maximum atomic E-state index is 11.2. The Bertz CT molecular complexity index is 613. The van der Waals surface area contributed by atoms with Gasteiger partial charge in [0.25, 0.3) is 0 Å². The number of benzene rings is 1. The minimum atomic E-state index is -1.07. The standard InChI is InChI=1S/C12H12N2O3/c1-2-7-3-4-8-9(11(15)16)6-14(12(13)17)10(8)5-7/h3-6H,2H2,1H3,(H2,13,17)(H,15,16). The summed E-state index contributed by atoms with van der Waals surface area (Å²) in [4.78, 5) is 22.3. The van der Waals surface area contributed by atoms with Gasteiger partial charge in [-0.1, -0.05) is 19.1 Å². The van der Waals surface area contributed by atoms with Crippen molar-refractivity contribution < 1.29 is 14.7 Å². The smallest absolute Gasteiger partial charge is 0.337 e. The van der Waals surface area contributed by atoms with E-state index in [0.717, 1.165) is 16.6 Å². The molecular weight excluding hydrogens is 220 g/mol. The van der Waals surface area contributed by atoms with Crippen LogP contribution < -0.4 is 5.73 Å². The van der Waals surface area contributed by atoms with Gasteiger partial charge in [-0.05, 0) is 18.1 Å². The lowest BCUT2D eigenvalue weighted by molar-refractivity contribution is 0.0699. The molecule has 0 spiro atoms. The summed E-state index contributed by atoms with van der Waals surface area (Å²) in [5.41, 5.74) is 6.86. The molecule has 17 heavy (non-hydrogen) atoms. The number of carbonyl (C=O) groups excluding carboxylic acids is 1. The summed E-state index contributed by atoms with van der Waals surface area (Å²) in [6, 6.07) is 4.65. The van der Waals surface area contributed by atoms with Crippen LogP contribution in [0, 0.1) is 0 Å². The Labute approximate surface area is 97.4 Å². The molecule has 0 saturated carbocycles. The number of nitrogens with zero attached hydrogens (tertiary/aromatic N) is 1. The lowest BCUT2D eigenvalue weighted by Gasteiger charge is -2.01. The predicted molar refractivity (Wildman–Crippen MR) is 63.3 cm³/mol. The molecule has 0 aliphatic carbocycles. The first kappa shape index (κ1) is 11.2. The molecule has 0 aliphatic rings. The number of carboxylic acid groups (broad SMARTS) is 1. The first-order chi connectivity index (χ1) is 8.04. The number of aromatic nitrogens is 1. The van der Waals surface area contributed by atoms with Gasteiger partial charge in [-0.15, -0.1) is 0 Å². The highest BCUT2D eigenvalue weighted by Gasteiger charge is 2.16. The Morgan fingerprint density at radius 2 is 2.12 bits per heavy atom. The van der Waals surface area contributed by atoms with E-state index in [4.69, 9.17) is 10.8 Å². The summed E-state index contributed by atoms with van der Waals surface area (Å²) >= 11 is 0. The van der Waals surface area contributed by atoms with Crippen molar-refractivity contribution in [3.8, 4) is 0 Å². The Morgan fingerprint density at radius 3 is 2.65 bits per heavy atom. The molecule has 88 valence electrons. The molecule has 0 radical (unpaired) electrons. The molecule has 3 N–H and O–H groups in total. The second-order valence-corrected chi connectivity index (χ2v) is 3.76. The molecule has 0 bridgehead atoms. The number of primary amides is 1. The van der Waals surface area contributed by atoms with Gasteiger partial charge >= 0.3 is 12.0 Å². The predicted octanol–water partition coefficient (Wildman–Crippen LogP) is 1.83. The quantitative estimate of drug-likeness (QED) is 0.828. The Morgan fingerprint density at radius 1 is 1.41 bits per heavy atom. The Kier molecular flexibility index (Phi) is 2.59. The number of amides is 1. The van der Waals surface area contributed by atoms with Crippen molar-refractivity contribution >= 4 is 22.9 Å². The lowest BCUT2D eigenvalue weighted by atomic mass is 10.1. The molecule has 1 heterocycles. The van der Waals surface area contributed by atoms with Gasteiger partial charge in [-0.25, -0.2) is 9.59 Å². The minimum absolute atomic E-state index is 0.0847. The van der Waals surface area contributed by atoms with Crippen LogP contribution in [0.2, 0.25) is 0 Å². The molecule has 1 aromatic heterocycles. The zero-order chi connectivity index (χ0) is 12.6. The average Bonchev–Trinajstić information content (AvgIpc) is 2.67. The van der Waals surface area contributed by atoms with Crippen molar-refractivity contribution in [2.75, 3.05) is 0 Å². The van der Waals surface area contributed by atoms with Crippen LogP contribution in [0.15, 0.2) is 24.4 Å². The highest BCUT2D eigenvalue weighted by molar-refractivity contribution is 6.06. The van der Waals surface area contributed by atoms with Crippen LogP contribution in [0.5, 0.6) is 0 Å². The normalized spacial score (nSPS) is 10.6. The molecular formula is C12H12N2O3. The molecule has 5 heteroatoms. The number of carbonyl (C=O) groups is 2. The van der Waals surface area contributed by atoms with E-state index in [-0.39, 0.29) is 5.56 Å². The maximum absolute atomic E-state index is 11.2. The molecule has 0 saturated heterocycles. The van der Waals surface area contributed by atoms with Crippen molar-refractivity contribution in [1.29, 1.82) is 0 Å². The van der Waals surface area contributed by atoms with Gasteiger partial charge in [0, 0.05) is 11.6 Å². The number of aryl methyl sites for hydroxylation is 1. The van der Waals surface area contributed by atoms with Crippen molar-refractivity contribution in [3.63, 3.8) is 0 Å². The van der Waals surface area contributed by atoms with Gasteiger partial charge in [-0.3, -0.25) is 4.57 Å². The summed E-state index contributed by atoms with van der Waals surface area (Å²) in [7, 11) is 0. The number of hydrogen-bond donors (Lipinski definition) is 2. The zero-order valence-electron chi connectivity index (χ0n) is 9.30. The number of fused-ring (bicyclic) bond motifs is 1. The van der Waals surface area contributed by atoms with Crippen LogP contribution >= 0.6 is 0 Å². The highest BCUT2D eigenvalue weighted by Crippen LogP contribution is 2.22. The van der Waals surface area contributed by atoms with E-state index in [0.29, 0.717) is 10.9 Å². The second-order valence-electron chi connectivity index (χ2n) is 3.76. The largest absolute Gasteiger partial charge is 0.478 e. The zero-order valence-corrected chi connectivity index (χ0v) is 9.30. The summed E-state index contributed by atoms with van der Waals surface area (Å²) in [5, 5.41) is 9.56. The molecule has 0 atom stereocenters. The van der Waals surface area contributed by atoms with Gasteiger partial charge in [0.1, 0.15) is 0 Å². The fourth-order valence-electron chi connectivity index (χ4n) is 1.85. The average molecular weight is 232 g/mol. The monoisotopic (exact) mass is 232 g/mol. The summed E-state index contributed by atoms with van der Waals surface area (Å²) in [6.07, 6.45) is 2.07. The van der Waals surface area contributed by atoms with Crippen LogP contribution in [0.25, 0.3) is 10.9 Å². The third-order valence-corrected chi connectivity index (χ3v) is 2.75. The SMILES string of the molecule is CCc1ccc2c(C(=O)O)cn(C(N)=O)c2c1. The number of aromatic carboxylic acids is 1. The number of nitrogens with two attached hydrogens (primary N) is 1. The van der Waals surface area contributed by atoms with Crippen molar-refractivity contribution in [3.05, 3.63) is 35.5 Å². The number of rotatable bonds is 2. The van der Waals surface area contributed by atoms with Gasteiger partial charge in [-0.2, -0.15) is 0 Å². The van der Waals surface area contributed by atoms with Crippen molar-refractivity contribution in [2.45, 2.75) is 13.3 Å². The fourth-order valence-corrected chi connectivity index (χ4v) is 1.85. The van der Waals surface area contributed by atoms with Crippen LogP contribution in [0.1, 0.15) is 22.8 Å². The van der Waals surface area contributed by atoms with E-state index in [2.05, 4.69) is 0 Å². The maximum Gasteiger partial charge on any atom is 0.337 e. The van der Waals surface area contributed by atoms with E-state index < -0.39 is 12.0 Å². The molecule has 5 nitrogen and oxygen atoms in total. The third kappa shape index (κ3) is 1.75. The van der Waals surface area contributed by atoms with E-state index >= 15 is 0 Å². The molecule has 2 aromatic rings. The van der Waals surface area contributed by atoms with E-state index in [1.165, 1.54) is 6.20 Å². The molecule has 0 fully saturated rings. The second kappa shape index (κ2) is 3.93. The van der Waals surface area contributed by atoms with Gasteiger partial charge in [0.15, 0.2) is 0 Å². The molecule has 0 aliphatic heterocycles. The van der Waals surface area contributed by atoms with Gasteiger partial charge < -0.3 is 10.8 Å². The Hall–Kier alpha value is -2.30. The van der Waals surface area contributed by atoms with Gasteiger partial charge in [0.05, 0.1) is 11.1 Å². The minimum Gasteiger partial charge on any atom is -0.478 e. The summed E-state index contributed by atoms with van der Waals surface area (Å²) in [5.74, 6) is -1.07. The van der Waals surface area contributed by atoms with Crippen LogP contribution in [0.4, 0.5) is 4.79 Å². The van der Waals surface area contributed by atoms with Crippen molar-refractivity contribution in [1.82, 2.24) is 4.57 Å². The fraction of sp³-hybridized carbons (Fsp3) is 0.167. The number of carboxylic acids is 1. The topological polar surface area (TPSA) is 85.3 Å². The summed E-state index contributed by atoms with van der Waals surface area (Å²) in [6.45, 7) is 1.98. The van der Waals surface area contributed by atoms with Gasteiger partial charge in [0.2, 0.25) is 0 Å². The molecule has 1 amide bonds. The summed E-state index contributed by atoms with van der Waals surface area (Å²) < 4.78 is 1.16. The van der Waals surface area contributed by atoms with E-state index in [9.17, 15) is 9.59 Å². The van der Waals surface area contributed by atoms with E-state index in [1.54, 1.807) is 12.1 Å². The number of hydrogen-bond acceptors (Lipinski definition) is 2. The highest BCUT2D eigenvalue weighted by atomic mass is 16.4. The first-order valence-corrected chi connectivity index (χ1v) is 5.21. The Balaban J connectivity index is 2.81. The molecule has 1 aromatic carbocycles. The third-order valence-electron chi connectivity index (χ3n) is 2.75. The molecule has 0 unspecified atom stereocenters. The molecule has 2 rings (SSSR count).